The molecule has 5 heteroatoms. The molecule has 0 unspecified atom stereocenters. The molecular formula is C13H19NO3S. The van der Waals surface area contributed by atoms with Crippen LogP contribution in [0.2, 0.25) is 0 Å². The van der Waals surface area contributed by atoms with E-state index < -0.39 is 21.8 Å². The van der Waals surface area contributed by atoms with Crippen LogP contribution in [0, 0.1) is 5.92 Å². The first-order valence-electron chi connectivity index (χ1n) is 5.91. The molecule has 1 aromatic rings. The summed E-state index contributed by atoms with van der Waals surface area (Å²) in [5.41, 5.74) is 0.801. The van der Waals surface area contributed by atoms with Crippen molar-refractivity contribution in [3.63, 3.8) is 0 Å². The minimum atomic E-state index is -3.53. The van der Waals surface area contributed by atoms with Gasteiger partial charge in [-0.3, -0.25) is 9.52 Å². The number of carbonyl (C=O) groups excluding carboxylic acids is 1. The molecule has 4 nitrogen and oxygen atoms in total. The molecule has 0 radical (unpaired) electrons. The Morgan fingerprint density at radius 2 is 1.72 bits per heavy atom. The number of benzene rings is 1. The SMILES string of the molecule is CC(C)CS(=O)(=O)NC(=O)[C@@H](C)c1ccccc1. The van der Waals surface area contributed by atoms with E-state index in [9.17, 15) is 13.2 Å². The molecule has 0 bridgehead atoms. The van der Waals surface area contributed by atoms with Crippen LogP contribution in [-0.4, -0.2) is 20.1 Å². The van der Waals surface area contributed by atoms with E-state index in [1.165, 1.54) is 0 Å². The minimum Gasteiger partial charge on any atom is -0.273 e. The molecule has 1 amide bonds. The Balaban J connectivity index is 2.72. The molecule has 0 aliphatic heterocycles. The average Bonchev–Trinajstić information content (AvgIpc) is 2.26. The van der Waals surface area contributed by atoms with E-state index in [1.54, 1.807) is 32.9 Å². The second-order valence-corrected chi connectivity index (χ2v) is 6.54. The van der Waals surface area contributed by atoms with Crippen LogP contribution in [0.15, 0.2) is 30.3 Å². The maximum Gasteiger partial charge on any atom is 0.240 e. The first-order chi connectivity index (χ1) is 8.32. The monoisotopic (exact) mass is 269 g/mol. The van der Waals surface area contributed by atoms with E-state index >= 15 is 0 Å². The van der Waals surface area contributed by atoms with Gasteiger partial charge in [-0.1, -0.05) is 44.2 Å². The highest BCUT2D eigenvalue weighted by molar-refractivity contribution is 7.90. The molecule has 0 spiro atoms. The van der Waals surface area contributed by atoms with E-state index in [0.717, 1.165) is 5.56 Å². The molecule has 0 saturated heterocycles. The largest absolute Gasteiger partial charge is 0.273 e. The molecule has 1 N–H and O–H groups in total. The summed E-state index contributed by atoms with van der Waals surface area (Å²) in [5.74, 6) is -1.02. The van der Waals surface area contributed by atoms with Crippen LogP contribution in [0.25, 0.3) is 0 Å². The Morgan fingerprint density at radius 3 is 2.22 bits per heavy atom. The maximum atomic E-state index is 11.9. The van der Waals surface area contributed by atoms with Crippen molar-refractivity contribution in [2.75, 3.05) is 5.75 Å². The van der Waals surface area contributed by atoms with Gasteiger partial charge in [0.15, 0.2) is 0 Å². The van der Waals surface area contributed by atoms with E-state index in [4.69, 9.17) is 0 Å². The van der Waals surface area contributed by atoms with Crippen molar-refractivity contribution >= 4 is 15.9 Å². The maximum absolute atomic E-state index is 11.9. The number of amides is 1. The predicted octanol–water partition coefficient (Wildman–Crippen LogP) is 1.89. The van der Waals surface area contributed by atoms with Gasteiger partial charge in [-0.15, -0.1) is 0 Å². The number of hydrogen-bond donors (Lipinski definition) is 1. The van der Waals surface area contributed by atoms with Gasteiger partial charge in [0.1, 0.15) is 0 Å². The molecule has 0 aromatic heterocycles. The molecule has 18 heavy (non-hydrogen) atoms. The van der Waals surface area contributed by atoms with Crippen molar-refractivity contribution in [2.45, 2.75) is 26.7 Å². The van der Waals surface area contributed by atoms with Crippen molar-refractivity contribution < 1.29 is 13.2 Å². The summed E-state index contributed by atoms with van der Waals surface area (Å²) in [6, 6.07) is 9.10. The molecular weight excluding hydrogens is 250 g/mol. The lowest BCUT2D eigenvalue weighted by Crippen LogP contribution is -2.36. The summed E-state index contributed by atoms with van der Waals surface area (Å²) in [5, 5.41) is 0. The van der Waals surface area contributed by atoms with Gasteiger partial charge in [0.25, 0.3) is 0 Å². The Morgan fingerprint density at radius 1 is 1.17 bits per heavy atom. The quantitative estimate of drug-likeness (QED) is 0.888. The lowest BCUT2D eigenvalue weighted by Gasteiger charge is -2.13. The highest BCUT2D eigenvalue weighted by atomic mass is 32.2. The van der Waals surface area contributed by atoms with Gasteiger partial charge in [-0.2, -0.15) is 0 Å². The highest BCUT2D eigenvalue weighted by Crippen LogP contribution is 2.15. The number of rotatable bonds is 5. The molecule has 1 aromatic carbocycles. The Bertz CT molecular complexity index is 494. The second kappa shape index (κ2) is 6.00. The van der Waals surface area contributed by atoms with Crippen LogP contribution >= 0.6 is 0 Å². The summed E-state index contributed by atoms with van der Waals surface area (Å²) in [6.45, 7) is 5.28. The Kier molecular flexibility index (Phi) is 4.90. The number of nitrogens with one attached hydrogen (secondary N) is 1. The van der Waals surface area contributed by atoms with E-state index in [-0.39, 0.29) is 11.7 Å². The third kappa shape index (κ3) is 4.49. The molecule has 0 fully saturated rings. The topological polar surface area (TPSA) is 63.2 Å². The van der Waals surface area contributed by atoms with Crippen molar-refractivity contribution in [1.29, 1.82) is 0 Å². The zero-order valence-electron chi connectivity index (χ0n) is 10.9. The van der Waals surface area contributed by atoms with Crippen molar-refractivity contribution in [3.8, 4) is 0 Å². The standard InChI is InChI=1S/C13H19NO3S/c1-10(2)9-18(16,17)14-13(15)11(3)12-7-5-4-6-8-12/h4-8,10-11H,9H2,1-3H3,(H,14,15)/t11-/m0/s1. The van der Waals surface area contributed by atoms with Crippen LogP contribution < -0.4 is 4.72 Å². The fraction of sp³-hybridized carbons (Fsp3) is 0.462. The van der Waals surface area contributed by atoms with Crippen LogP contribution in [0.5, 0.6) is 0 Å². The van der Waals surface area contributed by atoms with Crippen LogP contribution in [0.1, 0.15) is 32.3 Å². The lowest BCUT2D eigenvalue weighted by molar-refractivity contribution is -0.120. The predicted molar refractivity (Wildman–Crippen MR) is 71.6 cm³/mol. The first-order valence-corrected chi connectivity index (χ1v) is 7.56. The highest BCUT2D eigenvalue weighted by Gasteiger charge is 2.21. The average molecular weight is 269 g/mol. The van der Waals surface area contributed by atoms with E-state index in [1.807, 2.05) is 18.2 Å². The number of hydrogen-bond acceptors (Lipinski definition) is 3. The third-order valence-corrected chi connectivity index (χ3v) is 4.12. The van der Waals surface area contributed by atoms with E-state index in [2.05, 4.69) is 4.72 Å². The molecule has 0 heterocycles. The fourth-order valence-corrected chi connectivity index (χ4v) is 3.06. The van der Waals surface area contributed by atoms with Crippen LogP contribution in [0.3, 0.4) is 0 Å². The zero-order valence-corrected chi connectivity index (χ0v) is 11.7. The van der Waals surface area contributed by atoms with Gasteiger partial charge in [0, 0.05) is 0 Å². The van der Waals surface area contributed by atoms with Crippen molar-refractivity contribution in [2.24, 2.45) is 5.92 Å². The molecule has 100 valence electrons. The third-order valence-electron chi connectivity index (χ3n) is 2.50. The fourth-order valence-electron chi connectivity index (χ4n) is 1.62. The Labute approximate surface area is 108 Å². The van der Waals surface area contributed by atoms with Gasteiger partial charge >= 0.3 is 0 Å². The van der Waals surface area contributed by atoms with Crippen molar-refractivity contribution in [3.05, 3.63) is 35.9 Å². The van der Waals surface area contributed by atoms with Crippen LogP contribution in [-0.2, 0) is 14.8 Å². The van der Waals surface area contributed by atoms with Gasteiger partial charge < -0.3 is 0 Å². The van der Waals surface area contributed by atoms with Gasteiger partial charge in [0.05, 0.1) is 11.7 Å². The second-order valence-electron chi connectivity index (χ2n) is 4.77. The zero-order chi connectivity index (χ0) is 13.8. The smallest absolute Gasteiger partial charge is 0.240 e. The first kappa shape index (κ1) is 14.7. The normalized spacial score (nSPS) is 13.3. The minimum absolute atomic E-state index is 0.0117. The van der Waals surface area contributed by atoms with E-state index in [0.29, 0.717) is 0 Å². The molecule has 0 saturated carbocycles. The molecule has 1 atom stereocenters. The summed E-state index contributed by atoms with van der Waals surface area (Å²) in [4.78, 5) is 11.9. The van der Waals surface area contributed by atoms with Gasteiger partial charge in [-0.05, 0) is 18.4 Å². The summed E-state index contributed by atoms with van der Waals surface area (Å²) >= 11 is 0. The Hall–Kier alpha value is -1.36. The molecule has 0 aliphatic rings. The summed E-state index contributed by atoms with van der Waals surface area (Å²) < 4.78 is 25.4. The van der Waals surface area contributed by atoms with Gasteiger partial charge in [0.2, 0.25) is 15.9 Å². The number of carbonyl (C=O) groups is 1. The summed E-state index contributed by atoms with van der Waals surface area (Å²) in [6.07, 6.45) is 0. The van der Waals surface area contributed by atoms with Crippen molar-refractivity contribution in [1.82, 2.24) is 4.72 Å². The molecule has 0 aliphatic carbocycles. The van der Waals surface area contributed by atoms with Gasteiger partial charge in [-0.25, -0.2) is 8.42 Å². The van der Waals surface area contributed by atoms with Crippen LogP contribution in [0.4, 0.5) is 0 Å². The summed E-state index contributed by atoms with van der Waals surface area (Å²) in [7, 11) is -3.53. The molecule has 1 rings (SSSR count). The lowest BCUT2D eigenvalue weighted by atomic mass is 10.0. The number of sulfonamides is 1.